The van der Waals surface area contributed by atoms with Crippen LogP contribution in [0.15, 0.2) is 18.3 Å². The van der Waals surface area contributed by atoms with Crippen molar-refractivity contribution in [1.82, 2.24) is 14.5 Å². The molecule has 0 unspecified atom stereocenters. The molecular weight excluding hydrogens is 372 g/mol. The lowest BCUT2D eigenvalue weighted by molar-refractivity contribution is 0.164. The fourth-order valence-electron chi connectivity index (χ4n) is 4.31. The maximum absolute atomic E-state index is 6.15. The van der Waals surface area contributed by atoms with E-state index in [9.17, 15) is 0 Å². The Bertz CT molecular complexity index is 1040. The van der Waals surface area contributed by atoms with Crippen molar-refractivity contribution in [1.29, 1.82) is 0 Å². The van der Waals surface area contributed by atoms with E-state index in [0.717, 1.165) is 46.5 Å². The van der Waals surface area contributed by atoms with Crippen LogP contribution in [-0.2, 0) is 24.1 Å². The van der Waals surface area contributed by atoms with Gasteiger partial charge in [0, 0.05) is 31.1 Å². The average molecular weight is 409 g/mol. The van der Waals surface area contributed by atoms with Gasteiger partial charge in [0.1, 0.15) is 0 Å². The van der Waals surface area contributed by atoms with E-state index in [-0.39, 0.29) is 6.04 Å². The van der Waals surface area contributed by atoms with Crippen molar-refractivity contribution in [2.24, 2.45) is 5.73 Å². The molecule has 0 aromatic carbocycles. The van der Waals surface area contributed by atoms with E-state index < -0.39 is 0 Å². The zero-order valence-corrected chi connectivity index (χ0v) is 19.5. The van der Waals surface area contributed by atoms with E-state index >= 15 is 0 Å². The normalized spacial score (nSPS) is 12.8. The number of nitrogens with two attached hydrogens (primary N) is 1. The van der Waals surface area contributed by atoms with Crippen LogP contribution in [0.2, 0.25) is 0 Å². The van der Waals surface area contributed by atoms with Crippen LogP contribution < -0.4 is 5.73 Å². The molecule has 0 fully saturated rings. The monoisotopic (exact) mass is 408 g/mol. The SMILES string of the molecule is CCc1cc2c(nc1-c1cc(CC)c(C(C)C)nc1CN)c(C)cn2[C@H](C)COC. The average Bonchev–Trinajstić information content (AvgIpc) is 3.07. The number of hydrogen-bond donors (Lipinski definition) is 1. The third kappa shape index (κ3) is 4.01. The molecule has 30 heavy (non-hydrogen) atoms. The van der Waals surface area contributed by atoms with Gasteiger partial charge in [-0.1, -0.05) is 27.7 Å². The van der Waals surface area contributed by atoms with Gasteiger partial charge in [-0.15, -0.1) is 0 Å². The number of ether oxygens (including phenoxy) is 1. The number of methoxy groups -OCH3 is 1. The van der Waals surface area contributed by atoms with Gasteiger partial charge in [0.05, 0.1) is 35.1 Å². The van der Waals surface area contributed by atoms with Crippen molar-refractivity contribution in [2.45, 2.75) is 72.9 Å². The summed E-state index contributed by atoms with van der Waals surface area (Å²) in [4.78, 5) is 10.2. The summed E-state index contributed by atoms with van der Waals surface area (Å²) in [5.74, 6) is 0.374. The van der Waals surface area contributed by atoms with Crippen LogP contribution in [0, 0.1) is 6.92 Å². The van der Waals surface area contributed by atoms with E-state index in [0.29, 0.717) is 19.1 Å². The second-order valence-corrected chi connectivity index (χ2v) is 8.48. The smallest absolute Gasteiger partial charge is 0.0917 e. The highest BCUT2D eigenvalue weighted by Gasteiger charge is 2.20. The molecule has 0 saturated heterocycles. The molecule has 5 nitrogen and oxygen atoms in total. The second-order valence-electron chi connectivity index (χ2n) is 8.48. The lowest BCUT2D eigenvalue weighted by Crippen LogP contribution is -2.11. The fraction of sp³-hybridized carbons (Fsp3) is 0.520. The molecule has 0 amide bonds. The number of fused-ring (bicyclic) bond motifs is 1. The molecule has 0 aliphatic heterocycles. The van der Waals surface area contributed by atoms with Gasteiger partial charge in [0.25, 0.3) is 0 Å². The third-order valence-electron chi connectivity index (χ3n) is 5.92. The first-order valence-electron chi connectivity index (χ1n) is 11.1. The fourth-order valence-corrected chi connectivity index (χ4v) is 4.31. The molecule has 0 bridgehead atoms. The van der Waals surface area contributed by atoms with Gasteiger partial charge < -0.3 is 15.0 Å². The molecule has 162 valence electrons. The molecule has 0 aliphatic carbocycles. The van der Waals surface area contributed by atoms with Gasteiger partial charge >= 0.3 is 0 Å². The van der Waals surface area contributed by atoms with Crippen LogP contribution in [0.3, 0.4) is 0 Å². The predicted octanol–water partition coefficient (Wildman–Crippen LogP) is 5.32. The predicted molar refractivity (Wildman–Crippen MR) is 125 cm³/mol. The maximum Gasteiger partial charge on any atom is 0.0917 e. The molecular formula is C25H36N4O. The molecule has 0 radical (unpaired) electrons. The minimum Gasteiger partial charge on any atom is -0.383 e. The number of hydrogen-bond acceptors (Lipinski definition) is 4. The van der Waals surface area contributed by atoms with Crippen molar-refractivity contribution in [2.75, 3.05) is 13.7 Å². The van der Waals surface area contributed by atoms with E-state index in [2.05, 4.69) is 64.4 Å². The summed E-state index contributed by atoms with van der Waals surface area (Å²) < 4.78 is 7.67. The highest BCUT2D eigenvalue weighted by molar-refractivity contribution is 5.85. The second kappa shape index (κ2) is 9.27. The molecule has 3 aromatic heterocycles. The standard InChI is InChI=1S/C25H36N4O/c1-8-18-10-20(21(12-26)27-23(18)15(3)4)25-19(9-2)11-22-24(28-25)16(5)13-29(22)17(6)14-30-7/h10-11,13,15,17H,8-9,12,14,26H2,1-7H3/t17-/m1/s1. The molecule has 3 heterocycles. The van der Waals surface area contributed by atoms with Gasteiger partial charge in [-0.05, 0) is 61.4 Å². The summed E-state index contributed by atoms with van der Waals surface area (Å²) in [6.45, 7) is 14.1. The summed E-state index contributed by atoms with van der Waals surface area (Å²) in [6.07, 6.45) is 4.04. The minimum atomic E-state index is 0.252. The first-order valence-corrected chi connectivity index (χ1v) is 11.1. The van der Waals surface area contributed by atoms with Crippen LogP contribution in [0.25, 0.3) is 22.3 Å². The van der Waals surface area contributed by atoms with Gasteiger partial charge in [0.2, 0.25) is 0 Å². The molecule has 0 aliphatic rings. The lowest BCUT2D eigenvalue weighted by atomic mass is 9.95. The Morgan fingerprint density at radius 3 is 2.33 bits per heavy atom. The zero-order valence-electron chi connectivity index (χ0n) is 19.5. The third-order valence-corrected chi connectivity index (χ3v) is 5.92. The quantitative estimate of drug-likeness (QED) is 0.548. The van der Waals surface area contributed by atoms with Gasteiger partial charge in [0.15, 0.2) is 0 Å². The first kappa shape index (κ1) is 22.4. The van der Waals surface area contributed by atoms with Crippen LogP contribution >= 0.6 is 0 Å². The van der Waals surface area contributed by atoms with Crippen LogP contribution in [0.1, 0.15) is 74.7 Å². The molecule has 3 aromatic rings. The van der Waals surface area contributed by atoms with E-state index in [1.807, 2.05) is 0 Å². The highest BCUT2D eigenvalue weighted by Crippen LogP contribution is 2.33. The molecule has 0 spiro atoms. The molecule has 2 N–H and O–H groups in total. The Balaban J connectivity index is 2.27. The van der Waals surface area contributed by atoms with Crippen molar-refractivity contribution >= 4 is 11.0 Å². The zero-order chi connectivity index (χ0) is 22.0. The van der Waals surface area contributed by atoms with E-state index in [4.69, 9.17) is 20.4 Å². The molecule has 3 rings (SSSR count). The lowest BCUT2D eigenvalue weighted by Gasteiger charge is -2.18. The number of pyridine rings is 2. The maximum atomic E-state index is 6.15. The molecule has 0 saturated carbocycles. The molecule has 5 heteroatoms. The number of rotatable bonds is 8. The van der Waals surface area contributed by atoms with Crippen molar-refractivity contribution < 1.29 is 4.74 Å². The Kier molecular flexibility index (Phi) is 6.94. The van der Waals surface area contributed by atoms with E-state index in [1.165, 1.54) is 16.7 Å². The van der Waals surface area contributed by atoms with Crippen molar-refractivity contribution in [3.8, 4) is 11.3 Å². The summed E-state index contributed by atoms with van der Waals surface area (Å²) in [6, 6.07) is 4.82. The number of aryl methyl sites for hydroxylation is 3. The molecule has 1 atom stereocenters. The van der Waals surface area contributed by atoms with Gasteiger partial charge in [-0.25, -0.2) is 4.98 Å². The highest BCUT2D eigenvalue weighted by atomic mass is 16.5. The first-order chi connectivity index (χ1) is 14.4. The summed E-state index contributed by atoms with van der Waals surface area (Å²) >= 11 is 0. The Hall–Kier alpha value is -2.24. The Morgan fingerprint density at radius 1 is 1.07 bits per heavy atom. The Morgan fingerprint density at radius 2 is 1.77 bits per heavy atom. The van der Waals surface area contributed by atoms with Crippen LogP contribution in [0.4, 0.5) is 0 Å². The summed E-state index contributed by atoms with van der Waals surface area (Å²) in [5.41, 5.74) is 16.2. The van der Waals surface area contributed by atoms with Gasteiger partial charge in [-0.2, -0.15) is 0 Å². The van der Waals surface area contributed by atoms with Crippen molar-refractivity contribution in [3.63, 3.8) is 0 Å². The van der Waals surface area contributed by atoms with Gasteiger partial charge in [-0.3, -0.25) is 4.98 Å². The minimum absolute atomic E-state index is 0.252. The topological polar surface area (TPSA) is 66.0 Å². The number of nitrogens with zero attached hydrogens (tertiary/aromatic N) is 3. The van der Waals surface area contributed by atoms with Crippen LogP contribution in [0.5, 0.6) is 0 Å². The summed E-state index contributed by atoms with van der Waals surface area (Å²) in [7, 11) is 1.75. The van der Waals surface area contributed by atoms with E-state index in [1.54, 1.807) is 7.11 Å². The Labute approximate surface area is 180 Å². The summed E-state index contributed by atoms with van der Waals surface area (Å²) in [5, 5.41) is 0. The largest absolute Gasteiger partial charge is 0.383 e. The number of aromatic nitrogens is 3. The van der Waals surface area contributed by atoms with Crippen molar-refractivity contribution in [3.05, 3.63) is 46.4 Å². The van der Waals surface area contributed by atoms with Crippen LogP contribution in [-0.4, -0.2) is 28.3 Å².